The maximum atomic E-state index is 13.1. The van der Waals surface area contributed by atoms with Crippen molar-refractivity contribution in [2.45, 2.75) is 20.0 Å². The number of amides is 1. The molecule has 4 aromatic rings. The van der Waals surface area contributed by atoms with E-state index in [9.17, 15) is 9.18 Å². The Morgan fingerprint density at radius 2 is 2.04 bits per heavy atom. The molecule has 0 spiro atoms. The lowest BCUT2D eigenvalue weighted by Gasteiger charge is -2.05. The van der Waals surface area contributed by atoms with Crippen molar-refractivity contribution in [3.05, 3.63) is 71.5 Å². The molecule has 6 nitrogen and oxygen atoms in total. The maximum absolute atomic E-state index is 13.1. The first-order chi connectivity index (χ1) is 13.7. The van der Waals surface area contributed by atoms with Gasteiger partial charge in [0, 0.05) is 17.9 Å². The Morgan fingerprint density at radius 1 is 1.21 bits per heavy atom. The zero-order chi connectivity index (χ0) is 19.5. The van der Waals surface area contributed by atoms with E-state index in [2.05, 4.69) is 15.5 Å². The minimum absolute atomic E-state index is 0. The van der Waals surface area contributed by atoms with Crippen LogP contribution in [0.5, 0.6) is 0 Å². The van der Waals surface area contributed by atoms with Crippen LogP contribution >= 0.6 is 0 Å². The van der Waals surface area contributed by atoms with E-state index in [0.717, 1.165) is 16.5 Å². The average molecular weight is 380 g/mol. The van der Waals surface area contributed by atoms with E-state index in [0.29, 0.717) is 23.0 Å². The molecule has 2 aromatic carbocycles. The van der Waals surface area contributed by atoms with Gasteiger partial charge in [0.2, 0.25) is 0 Å². The van der Waals surface area contributed by atoms with Gasteiger partial charge in [0.1, 0.15) is 12.4 Å². The summed E-state index contributed by atoms with van der Waals surface area (Å²) in [6, 6.07) is 16.7. The summed E-state index contributed by atoms with van der Waals surface area (Å²) in [7, 11) is 0. The number of aryl methyl sites for hydroxylation is 2. The third-order valence-corrected chi connectivity index (χ3v) is 4.60. The predicted molar refractivity (Wildman–Crippen MR) is 106 cm³/mol. The summed E-state index contributed by atoms with van der Waals surface area (Å²) >= 11 is 0. The average Bonchev–Trinajstić information content (AvgIpc) is 3.33. The number of nitrogens with zero attached hydrogens (tertiary/aromatic N) is 3. The summed E-state index contributed by atoms with van der Waals surface area (Å²) in [5.74, 6) is 0.440. The first-order valence-corrected chi connectivity index (χ1v) is 8.98. The Bertz CT molecular complexity index is 1120. The number of nitrogens with one attached hydrogen (secondary N) is 1. The topological polar surface area (TPSA) is 73.0 Å². The summed E-state index contributed by atoms with van der Waals surface area (Å²) < 4.78 is 20.3. The predicted octanol–water partition coefficient (Wildman–Crippen LogP) is 4.15. The number of rotatable bonds is 6. The molecule has 2 heterocycles. The van der Waals surface area contributed by atoms with Gasteiger partial charge >= 0.3 is 0 Å². The van der Waals surface area contributed by atoms with Gasteiger partial charge in [-0.3, -0.25) is 4.79 Å². The second-order valence-electron chi connectivity index (χ2n) is 6.44. The second-order valence-corrected chi connectivity index (χ2v) is 6.44. The molecule has 7 heteroatoms. The number of alkyl halides is 1. The largest absolute Gasteiger partial charge is 0.345 e. The fourth-order valence-electron chi connectivity index (χ4n) is 3.22. The van der Waals surface area contributed by atoms with E-state index in [-0.39, 0.29) is 20.4 Å². The van der Waals surface area contributed by atoms with Crippen LogP contribution in [0.4, 0.5) is 4.39 Å². The summed E-state index contributed by atoms with van der Waals surface area (Å²) in [4.78, 5) is 16.5. The van der Waals surface area contributed by atoms with Crippen LogP contribution in [-0.2, 0) is 13.1 Å². The molecule has 0 aliphatic carbocycles. The van der Waals surface area contributed by atoms with Crippen molar-refractivity contribution in [2.75, 3.05) is 6.67 Å². The number of benzene rings is 2. The highest BCUT2D eigenvalue weighted by Crippen LogP contribution is 2.29. The molecule has 1 N–H and O–H groups in total. The standard InChI is InChI=1S/C21H19FN4O2.H2/c1-14-6-5-9-17-16(14)12-18(26(17)11-10-22)21-24-19(25-28-21)13-23-20(27)15-7-3-2-4-8-15;/h2-9,12H,10-11,13H2,1H3,(H,23,27);1H. The lowest BCUT2D eigenvalue weighted by atomic mass is 10.1. The van der Waals surface area contributed by atoms with Crippen LogP contribution in [0.15, 0.2) is 59.1 Å². The van der Waals surface area contributed by atoms with E-state index in [1.54, 1.807) is 24.3 Å². The van der Waals surface area contributed by atoms with Crippen molar-refractivity contribution in [2.24, 2.45) is 0 Å². The highest BCUT2D eigenvalue weighted by Gasteiger charge is 2.18. The maximum Gasteiger partial charge on any atom is 0.274 e. The smallest absolute Gasteiger partial charge is 0.274 e. The van der Waals surface area contributed by atoms with Crippen molar-refractivity contribution < 1.29 is 15.1 Å². The molecule has 28 heavy (non-hydrogen) atoms. The van der Waals surface area contributed by atoms with Crippen LogP contribution in [0.1, 0.15) is 23.2 Å². The van der Waals surface area contributed by atoms with E-state index < -0.39 is 6.67 Å². The molecule has 4 rings (SSSR count). The molecule has 0 saturated heterocycles. The van der Waals surface area contributed by atoms with E-state index >= 15 is 0 Å². The molecule has 0 saturated carbocycles. The van der Waals surface area contributed by atoms with Crippen molar-refractivity contribution in [3.63, 3.8) is 0 Å². The normalized spacial score (nSPS) is 11.1. The van der Waals surface area contributed by atoms with Gasteiger partial charge in [-0.05, 0) is 36.8 Å². The van der Waals surface area contributed by atoms with Crippen LogP contribution in [-0.4, -0.2) is 27.3 Å². The summed E-state index contributed by atoms with van der Waals surface area (Å²) in [5.41, 5.74) is 3.23. The third kappa shape index (κ3) is 3.38. The molecule has 2 aromatic heterocycles. The van der Waals surface area contributed by atoms with Crippen LogP contribution in [0.3, 0.4) is 0 Å². The second kappa shape index (κ2) is 7.64. The number of fused-ring (bicyclic) bond motifs is 1. The molecule has 0 bridgehead atoms. The molecule has 1 amide bonds. The van der Waals surface area contributed by atoms with Crippen molar-refractivity contribution in [3.8, 4) is 11.6 Å². The number of aromatic nitrogens is 3. The fraction of sp³-hybridized carbons (Fsp3) is 0.190. The lowest BCUT2D eigenvalue weighted by Crippen LogP contribution is -2.23. The Labute approximate surface area is 162 Å². The number of hydrogen-bond acceptors (Lipinski definition) is 4. The van der Waals surface area contributed by atoms with Crippen molar-refractivity contribution in [1.29, 1.82) is 0 Å². The highest BCUT2D eigenvalue weighted by atomic mass is 19.1. The number of carbonyl (C=O) groups excluding carboxylic acids is 1. The lowest BCUT2D eigenvalue weighted by molar-refractivity contribution is 0.0949. The number of carbonyl (C=O) groups is 1. The number of hydrogen-bond donors (Lipinski definition) is 1. The summed E-state index contributed by atoms with van der Waals surface area (Å²) in [5, 5.41) is 7.73. The van der Waals surface area contributed by atoms with Crippen molar-refractivity contribution >= 4 is 16.8 Å². The minimum Gasteiger partial charge on any atom is -0.345 e. The zero-order valence-corrected chi connectivity index (χ0v) is 15.4. The Morgan fingerprint density at radius 3 is 2.82 bits per heavy atom. The van der Waals surface area contributed by atoms with E-state index in [1.807, 2.05) is 41.8 Å². The van der Waals surface area contributed by atoms with Gasteiger partial charge in [0.25, 0.3) is 11.8 Å². The minimum atomic E-state index is -0.501. The molecule has 0 atom stereocenters. The number of halogens is 1. The zero-order valence-electron chi connectivity index (χ0n) is 15.4. The van der Waals surface area contributed by atoms with E-state index in [1.165, 1.54) is 0 Å². The summed E-state index contributed by atoms with van der Waals surface area (Å²) in [6.45, 7) is 1.84. The SMILES string of the molecule is Cc1cccc2c1cc(-c1nc(CNC(=O)c3ccccc3)no1)n2CCF.[HH]. The fourth-order valence-corrected chi connectivity index (χ4v) is 3.22. The third-order valence-electron chi connectivity index (χ3n) is 4.60. The van der Waals surface area contributed by atoms with Gasteiger partial charge in [-0.2, -0.15) is 4.98 Å². The molecular weight excluding hydrogens is 359 g/mol. The van der Waals surface area contributed by atoms with E-state index in [4.69, 9.17) is 4.52 Å². The molecule has 0 aliphatic rings. The Balaban J connectivity index is 0.00000240. The molecule has 0 unspecified atom stereocenters. The van der Waals surface area contributed by atoms with Crippen LogP contribution in [0.25, 0.3) is 22.5 Å². The van der Waals surface area contributed by atoms with Crippen molar-refractivity contribution in [1.82, 2.24) is 20.0 Å². The Kier molecular flexibility index (Phi) is 4.89. The summed E-state index contributed by atoms with van der Waals surface area (Å²) in [6.07, 6.45) is 0. The monoisotopic (exact) mass is 380 g/mol. The molecule has 0 fully saturated rings. The van der Waals surface area contributed by atoms with Crippen LogP contribution in [0, 0.1) is 6.92 Å². The van der Waals surface area contributed by atoms with Gasteiger partial charge in [-0.15, -0.1) is 0 Å². The van der Waals surface area contributed by atoms with Gasteiger partial charge in [-0.25, -0.2) is 4.39 Å². The van der Waals surface area contributed by atoms with Gasteiger partial charge in [0.15, 0.2) is 5.82 Å². The van der Waals surface area contributed by atoms with Gasteiger partial charge in [0.05, 0.1) is 13.1 Å². The Hall–Kier alpha value is -3.48. The first kappa shape index (κ1) is 17.9. The van der Waals surface area contributed by atoms with Gasteiger partial charge < -0.3 is 14.4 Å². The molecular formula is C21H21FN4O2. The first-order valence-electron chi connectivity index (χ1n) is 8.98. The highest BCUT2D eigenvalue weighted by molar-refractivity contribution is 5.94. The molecule has 144 valence electrons. The quantitative estimate of drug-likeness (QED) is 0.545. The van der Waals surface area contributed by atoms with Crippen LogP contribution in [0.2, 0.25) is 0 Å². The van der Waals surface area contributed by atoms with Crippen LogP contribution < -0.4 is 5.32 Å². The molecule has 0 aliphatic heterocycles. The molecule has 0 radical (unpaired) electrons. The van der Waals surface area contributed by atoms with Gasteiger partial charge in [-0.1, -0.05) is 35.5 Å².